The second kappa shape index (κ2) is 3.07. The Bertz CT molecular complexity index is 437. The SMILES string of the molecule is NCc1cc2ccccc2cc1O. The van der Waals surface area contributed by atoms with Gasteiger partial charge in [-0.2, -0.15) is 0 Å². The summed E-state index contributed by atoms with van der Waals surface area (Å²) >= 11 is 0. The van der Waals surface area contributed by atoms with Crippen LogP contribution in [-0.2, 0) is 6.54 Å². The van der Waals surface area contributed by atoms with E-state index in [1.807, 2.05) is 30.3 Å². The molecule has 0 fully saturated rings. The van der Waals surface area contributed by atoms with Crippen LogP contribution in [0, 0.1) is 0 Å². The first-order valence-electron chi connectivity index (χ1n) is 4.22. The van der Waals surface area contributed by atoms with E-state index in [1.165, 1.54) is 0 Å². The van der Waals surface area contributed by atoms with E-state index in [0.717, 1.165) is 16.3 Å². The summed E-state index contributed by atoms with van der Waals surface area (Å²) in [6.45, 7) is 0.372. The topological polar surface area (TPSA) is 46.2 Å². The molecule has 0 saturated heterocycles. The summed E-state index contributed by atoms with van der Waals surface area (Å²) in [5, 5.41) is 11.7. The van der Waals surface area contributed by atoms with Crippen molar-refractivity contribution in [3.63, 3.8) is 0 Å². The molecule has 2 heteroatoms. The summed E-state index contributed by atoms with van der Waals surface area (Å²) in [7, 11) is 0. The van der Waals surface area contributed by atoms with Gasteiger partial charge in [-0.3, -0.25) is 0 Å². The van der Waals surface area contributed by atoms with Crippen LogP contribution in [-0.4, -0.2) is 5.11 Å². The number of phenols is 1. The van der Waals surface area contributed by atoms with Crippen molar-refractivity contribution in [2.75, 3.05) is 0 Å². The number of benzene rings is 2. The first kappa shape index (κ1) is 8.08. The Labute approximate surface area is 76.6 Å². The Hall–Kier alpha value is -1.54. The van der Waals surface area contributed by atoms with Crippen LogP contribution in [0.5, 0.6) is 5.75 Å². The number of nitrogens with two attached hydrogens (primary N) is 1. The molecule has 0 aliphatic heterocycles. The number of rotatable bonds is 1. The van der Waals surface area contributed by atoms with Crippen LogP contribution in [0.3, 0.4) is 0 Å². The molecular weight excluding hydrogens is 162 g/mol. The summed E-state index contributed by atoms with van der Waals surface area (Å²) in [5.41, 5.74) is 6.27. The highest BCUT2D eigenvalue weighted by molar-refractivity contribution is 5.84. The first-order valence-corrected chi connectivity index (χ1v) is 4.22. The normalized spacial score (nSPS) is 10.5. The molecule has 0 bridgehead atoms. The van der Waals surface area contributed by atoms with Gasteiger partial charge in [-0.05, 0) is 22.9 Å². The Balaban J connectivity index is 2.74. The lowest BCUT2D eigenvalue weighted by atomic mass is 10.1. The number of phenolic OH excluding ortho intramolecular Hbond substituents is 1. The van der Waals surface area contributed by atoms with Gasteiger partial charge >= 0.3 is 0 Å². The molecule has 0 aliphatic carbocycles. The first-order chi connectivity index (χ1) is 6.31. The number of hydrogen-bond donors (Lipinski definition) is 2. The molecule has 0 spiro atoms. The fraction of sp³-hybridized carbons (Fsp3) is 0.0909. The largest absolute Gasteiger partial charge is 0.508 e. The third kappa shape index (κ3) is 1.36. The highest BCUT2D eigenvalue weighted by Crippen LogP contribution is 2.24. The van der Waals surface area contributed by atoms with Gasteiger partial charge in [0.15, 0.2) is 0 Å². The number of fused-ring (bicyclic) bond motifs is 1. The van der Waals surface area contributed by atoms with Crippen molar-refractivity contribution in [2.45, 2.75) is 6.54 Å². The molecule has 0 saturated carbocycles. The molecule has 0 aliphatic rings. The smallest absolute Gasteiger partial charge is 0.120 e. The molecule has 2 rings (SSSR count). The van der Waals surface area contributed by atoms with Gasteiger partial charge in [0.1, 0.15) is 5.75 Å². The minimum atomic E-state index is 0.279. The average Bonchev–Trinajstić information content (AvgIpc) is 2.17. The third-order valence-electron chi connectivity index (χ3n) is 2.17. The Kier molecular flexibility index (Phi) is 1.91. The lowest BCUT2D eigenvalue weighted by Gasteiger charge is -2.03. The standard InChI is InChI=1S/C11H11NO/c12-7-10-5-8-3-1-2-4-9(8)6-11(10)13/h1-6,13H,7,12H2. The number of aromatic hydroxyl groups is 1. The van der Waals surface area contributed by atoms with E-state index < -0.39 is 0 Å². The fourth-order valence-corrected chi connectivity index (χ4v) is 1.44. The Morgan fingerprint density at radius 2 is 1.69 bits per heavy atom. The van der Waals surface area contributed by atoms with E-state index in [0.29, 0.717) is 6.54 Å². The van der Waals surface area contributed by atoms with E-state index >= 15 is 0 Å². The predicted octanol–water partition coefficient (Wildman–Crippen LogP) is 2.00. The summed E-state index contributed by atoms with van der Waals surface area (Å²) in [6, 6.07) is 11.6. The molecule has 2 aromatic carbocycles. The molecule has 3 N–H and O–H groups in total. The van der Waals surface area contributed by atoms with Crippen LogP contribution < -0.4 is 5.73 Å². The third-order valence-corrected chi connectivity index (χ3v) is 2.17. The molecule has 0 aromatic heterocycles. The van der Waals surface area contributed by atoms with E-state index in [1.54, 1.807) is 6.07 Å². The van der Waals surface area contributed by atoms with Gasteiger partial charge in [-0.1, -0.05) is 24.3 Å². The Morgan fingerprint density at radius 3 is 2.31 bits per heavy atom. The maximum absolute atomic E-state index is 9.53. The van der Waals surface area contributed by atoms with Crippen LogP contribution in [0.25, 0.3) is 10.8 Å². The lowest BCUT2D eigenvalue weighted by molar-refractivity contribution is 0.469. The molecule has 13 heavy (non-hydrogen) atoms. The van der Waals surface area contributed by atoms with Crippen molar-refractivity contribution in [3.8, 4) is 5.75 Å². The predicted molar refractivity (Wildman–Crippen MR) is 53.5 cm³/mol. The monoisotopic (exact) mass is 173 g/mol. The van der Waals surface area contributed by atoms with Crippen LogP contribution in [0.15, 0.2) is 36.4 Å². The van der Waals surface area contributed by atoms with Crippen molar-refractivity contribution in [1.82, 2.24) is 0 Å². The maximum atomic E-state index is 9.53. The molecular formula is C11H11NO. The van der Waals surface area contributed by atoms with Crippen molar-refractivity contribution < 1.29 is 5.11 Å². The van der Waals surface area contributed by atoms with Gasteiger partial charge in [0.2, 0.25) is 0 Å². The molecule has 0 atom stereocenters. The summed E-state index contributed by atoms with van der Waals surface area (Å²) in [4.78, 5) is 0. The van der Waals surface area contributed by atoms with Gasteiger partial charge in [-0.25, -0.2) is 0 Å². The zero-order valence-corrected chi connectivity index (χ0v) is 7.20. The molecule has 0 unspecified atom stereocenters. The van der Waals surface area contributed by atoms with Crippen molar-refractivity contribution in [1.29, 1.82) is 0 Å². The minimum Gasteiger partial charge on any atom is -0.508 e. The van der Waals surface area contributed by atoms with Crippen LogP contribution in [0.2, 0.25) is 0 Å². The summed E-state index contributed by atoms with van der Waals surface area (Å²) in [5.74, 6) is 0.279. The Morgan fingerprint density at radius 1 is 1.08 bits per heavy atom. The van der Waals surface area contributed by atoms with E-state index in [4.69, 9.17) is 5.73 Å². The highest BCUT2D eigenvalue weighted by atomic mass is 16.3. The summed E-state index contributed by atoms with van der Waals surface area (Å²) < 4.78 is 0. The quantitative estimate of drug-likeness (QED) is 0.692. The molecule has 2 nitrogen and oxygen atoms in total. The second-order valence-corrected chi connectivity index (χ2v) is 3.03. The van der Waals surface area contributed by atoms with E-state index in [-0.39, 0.29) is 5.75 Å². The molecule has 0 amide bonds. The fourth-order valence-electron chi connectivity index (χ4n) is 1.44. The van der Waals surface area contributed by atoms with E-state index in [2.05, 4.69) is 0 Å². The van der Waals surface area contributed by atoms with Crippen LogP contribution in [0.4, 0.5) is 0 Å². The molecule has 0 heterocycles. The maximum Gasteiger partial charge on any atom is 0.120 e. The zero-order valence-electron chi connectivity index (χ0n) is 7.20. The van der Waals surface area contributed by atoms with Crippen LogP contribution in [0.1, 0.15) is 5.56 Å². The van der Waals surface area contributed by atoms with Gasteiger partial charge in [0.05, 0.1) is 0 Å². The zero-order chi connectivity index (χ0) is 9.26. The van der Waals surface area contributed by atoms with Crippen molar-refractivity contribution >= 4 is 10.8 Å². The van der Waals surface area contributed by atoms with Gasteiger partial charge in [0, 0.05) is 12.1 Å². The molecule has 0 radical (unpaired) electrons. The van der Waals surface area contributed by atoms with Crippen molar-refractivity contribution in [2.24, 2.45) is 5.73 Å². The average molecular weight is 173 g/mol. The second-order valence-electron chi connectivity index (χ2n) is 3.03. The van der Waals surface area contributed by atoms with Gasteiger partial charge in [0.25, 0.3) is 0 Å². The van der Waals surface area contributed by atoms with Gasteiger partial charge < -0.3 is 10.8 Å². The van der Waals surface area contributed by atoms with E-state index in [9.17, 15) is 5.11 Å². The molecule has 66 valence electrons. The number of hydrogen-bond acceptors (Lipinski definition) is 2. The molecule has 2 aromatic rings. The minimum absolute atomic E-state index is 0.279. The highest BCUT2D eigenvalue weighted by Gasteiger charge is 2.00. The van der Waals surface area contributed by atoms with Crippen LogP contribution >= 0.6 is 0 Å². The summed E-state index contributed by atoms with van der Waals surface area (Å²) in [6.07, 6.45) is 0. The van der Waals surface area contributed by atoms with Gasteiger partial charge in [-0.15, -0.1) is 0 Å². The lowest BCUT2D eigenvalue weighted by Crippen LogP contribution is -1.96. The van der Waals surface area contributed by atoms with Crippen molar-refractivity contribution in [3.05, 3.63) is 42.0 Å².